The lowest BCUT2D eigenvalue weighted by Crippen LogP contribution is -1.95. The van der Waals surface area contributed by atoms with Gasteiger partial charge in [0.25, 0.3) is 0 Å². The summed E-state index contributed by atoms with van der Waals surface area (Å²) in [5, 5.41) is 5.29. The molecule has 3 rings (SSSR count). The van der Waals surface area contributed by atoms with Crippen molar-refractivity contribution in [1.82, 2.24) is 9.78 Å². The summed E-state index contributed by atoms with van der Waals surface area (Å²) in [5.41, 5.74) is 10.4. The summed E-state index contributed by atoms with van der Waals surface area (Å²) in [6.45, 7) is 1.97. The van der Waals surface area contributed by atoms with Gasteiger partial charge in [-0.1, -0.05) is 45.7 Å². The van der Waals surface area contributed by atoms with E-state index in [-0.39, 0.29) is 0 Å². The van der Waals surface area contributed by atoms with Crippen molar-refractivity contribution in [1.29, 1.82) is 0 Å². The highest BCUT2D eigenvalue weighted by Crippen LogP contribution is 2.28. The van der Waals surface area contributed by atoms with E-state index in [0.717, 1.165) is 27.0 Å². The molecule has 21 heavy (non-hydrogen) atoms. The molecular formula is C16H13BrClN3. The highest BCUT2D eigenvalue weighted by molar-refractivity contribution is 9.10. The van der Waals surface area contributed by atoms with Gasteiger partial charge in [0.1, 0.15) is 5.69 Å². The third-order valence-electron chi connectivity index (χ3n) is 3.26. The first-order chi connectivity index (χ1) is 10.0. The van der Waals surface area contributed by atoms with Gasteiger partial charge < -0.3 is 5.73 Å². The van der Waals surface area contributed by atoms with Crippen LogP contribution in [0.25, 0.3) is 16.9 Å². The van der Waals surface area contributed by atoms with Crippen molar-refractivity contribution in [3.63, 3.8) is 0 Å². The average molecular weight is 363 g/mol. The van der Waals surface area contributed by atoms with Crippen LogP contribution < -0.4 is 5.73 Å². The maximum atomic E-state index is 6.17. The highest BCUT2D eigenvalue weighted by Gasteiger charge is 2.10. The third kappa shape index (κ3) is 2.82. The van der Waals surface area contributed by atoms with Gasteiger partial charge in [0.15, 0.2) is 0 Å². The number of rotatable bonds is 2. The standard InChI is InChI=1S/C16H13BrClN3/c1-10-5-6-13(8-14(10)18)21-9-15(19)16(20-21)11-3-2-4-12(17)7-11/h2-9H,19H2,1H3. The number of nitrogens with zero attached hydrogens (tertiary/aromatic N) is 2. The van der Waals surface area contributed by atoms with Gasteiger partial charge in [-0.3, -0.25) is 0 Å². The predicted octanol–water partition coefficient (Wildman–Crippen LogP) is 4.85. The molecular weight excluding hydrogens is 350 g/mol. The first kappa shape index (κ1) is 14.2. The maximum Gasteiger partial charge on any atom is 0.116 e. The molecule has 3 aromatic rings. The number of hydrogen-bond acceptors (Lipinski definition) is 2. The van der Waals surface area contributed by atoms with Crippen LogP contribution in [0.2, 0.25) is 5.02 Å². The van der Waals surface area contributed by atoms with Crippen LogP contribution in [0, 0.1) is 6.92 Å². The van der Waals surface area contributed by atoms with Crippen LogP contribution in [-0.4, -0.2) is 9.78 Å². The summed E-state index contributed by atoms with van der Waals surface area (Å²) in [4.78, 5) is 0. The van der Waals surface area contributed by atoms with Crippen LogP contribution in [0.15, 0.2) is 53.1 Å². The predicted molar refractivity (Wildman–Crippen MR) is 90.9 cm³/mol. The van der Waals surface area contributed by atoms with Gasteiger partial charge in [-0.05, 0) is 36.8 Å². The molecule has 0 aliphatic heterocycles. The average Bonchev–Trinajstić information content (AvgIpc) is 2.84. The Bertz CT molecular complexity index is 811. The summed E-state index contributed by atoms with van der Waals surface area (Å²) in [6, 6.07) is 13.7. The summed E-state index contributed by atoms with van der Waals surface area (Å²) in [5.74, 6) is 0. The number of benzene rings is 2. The Balaban J connectivity index is 2.07. The van der Waals surface area contributed by atoms with E-state index in [0.29, 0.717) is 10.7 Å². The normalized spacial score (nSPS) is 10.8. The number of nitrogens with two attached hydrogens (primary N) is 1. The molecule has 0 bridgehead atoms. The fraction of sp³-hybridized carbons (Fsp3) is 0.0625. The van der Waals surface area contributed by atoms with Crippen molar-refractivity contribution in [2.75, 3.05) is 5.73 Å². The SMILES string of the molecule is Cc1ccc(-n2cc(N)c(-c3cccc(Br)c3)n2)cc1Cl. The zero-order valence-electron chi connectivity index (χ0n) is 11.3. The van der Waals surface area contributed by atoms with E-state index in [1.807, 2.05) is 49.4 Å². The second-order valence-electron chi connectivity index (χ2n) is 4.82. The minimum absolute atomic E-state index is 0.629. The Morgan fingerprint density at radius 2 is 2.00 bits per heavy atom. The smallest absolute Gasteiger partial charge is 0.116 e. The Morgan fingerprint density at radius 1 is 1.19 bits per heavy atom. The fourth-order valence-electron chi connectivity index (χ4n) is 2.10. The molecule has 2 aromatic carbocycles. The lowest BCUT2D eigenvalue weighted by molar-refractivity contribution is 0.884. The summed E-state index contributed by atoms with van der Waals surface area (Å²) in [6.07, 6.45) is 1.80. The molecule has 1 heterocycles. The number of anilines is 1. The second kappa shape index (κ2) is 5.54. The molecule has 5 heteroatoms. The van der Waals surface area contributed by atoms with Crippen molar-refractivity contribution >= 4 is 33.2 Å². The zero-order chi connectivity index (χ0) is 15.0. The Hall–Kier alpha value is -1.78. The zero-order valence-corrected chi connectivity index (χ0v) is 13.7. The van der Waals surface area contributed by atoms with Gasteiger partial charge in [0.2, 0.25) is 0 Å². The van der Waals surface area contributed by atoms with Crippen molar-refractivity contribution in [3.8, 4) is 16.9 Å². The lowest BCUT2D eigenvalue weighted by atomic mass is 10.1. The topological polar surface area (TPSA) is 43.8 Å². The molecule has 0 saturated heterocycles. The molecule has 0 aliphatic carbocycles. The van der Waals surface area contributed by atoms with Gasteiger partial charge in [0, 0.05) is 15.1 Å². The third-order valence-corrected chi connectivity index (χ3v) is 4.16. The second-order valence-corrected chi connectivity index (χ2v) is 6.14. The molecule has 106 valence electrons. The molecule has 0 saturated carbocycles. The Labute approximate surface area is 136 Å². The quantitative estimate of drug-likeness (QED) is 0.708. The first-order valence-electron chi connectivity index (χ1n) is 6.42. The number of nitrogen functional groups attached to an aromatic ring is 1. The number of halogens is 2. The van der Waals surface area contributed by atoms with Gasteiger partial charge >= 0.3 is 0 Å². The fourth-order valence-corrected chi connectivity index (χ4v) is 2.68. The number of hydrogen-bond donors (Lipinski definition) is 1. The largest absolute Gasteiger partial charge is 0.396 e. The Kier molecular flexibility index (Phi) is 3.74. The van der Waals surface area contributed by atoms with Crippen molar-refractivity contribution < 1.29 is 0 Å². The molecule has 0 radical (unpaired) electrons. The van der Waals surface area contributed by atoms with E-state index in [2.05, 4.69) is 21.0 Å². The van der Waals surface area contributed by atoms with Crippen LogP contribution in [0.1, 0.15) is 5.56 Å². The molecule has 1 aromatic heterocycles. The van der Waals surface area contributed by atoms with Crippen molar-refractivity contribution in [3.05, 3.63) is 63.7 Å². The van der Waals surface area contributed by atoms with E-state index in [9.17, 15) is 0 Å². The van der Waals surface area contributed by atoms with E-state index in [1.54, 1.807) is 10.9 Å². The molecule has 0 aliphatic rings. The van der Waals surface area contributed by atoms with Gasteiger partial charge in [-0.25, -0.2) is 4.68 Å². The van der Waals surface area contributed by atoms with Gasteiger partial charge in [-0.15, -0.1) is 0 Å². The monoisotopic (exact) mass is 361 g/mol. The van der Waals surface area contributed by atoms with E-state index in [1.165, 1.54) is 0 Å². The molecule has 0 spiro atoms. The molecule has 2 N–H and O–H groups in total. The lowest BCUT2D eigenvalue weighted by Gasteiger charge is -2.04. The molecule has 0 unspecified atom stereocenters. The van der Waals surface area contributed by atoms with Crippen LogP contribution in [0.5, 0.6) is 0 Å². The molecule has 0 amide bonds. The van der Waals surface area contributed by atoms with Crippen molar-refractivity contribution in [2.45, 2.75) is 6.92 Å². The molecule has 0 fully saturated rings. The van der Waals surface area contributed by atoms with E-state index >= 15 is 0 Å². The van der Waals surface area contributed by atoms with Crippen LogP contribution in [0.3, 0.4) is 0 Å². The van der Waals surface area contributed by atoms with Crippen LogP contribution >= 0.6 is 27.5 Å². The van der Waals surface area contributed by atoms with E-state index in [4.69, 9.17) is 17.3 Å². The van der Waals surface area contributed by atoms with Crippen LogP contribution in [0.4, 0.5) is 5.69 Å². The van der Waals surface area contributed by atoms with Gasteiger partial charge in [-0.2, -0.15) is 5.10 Å². The maximum absolute atomic E-state index is 6.17. The molecule has 3 nitrogen and oxygen atoms in total. The van der Waals surface area contributed by atoms with Gasteiger partial charge in [0.05, 0.1) is 17.6 Å². The Morgan fingerprint density at radius 3 is 2.71 bits per heavy atom. The first-order valence-corrected chi connectivity index (χ1v) is 7.59. The number of aromatic nitrogens is 2. The molecule has 0 atom stereocenters. The van der Waals surface area contributed by atoms with E-state index < -0.39 is 0 Å². The van der Waals surface area contributed by atoms with Crippen molar-refractivity contribution in [2.24, 2.45) is 0 Å². The highest BCUT2D eigenvalue weighted by atomic mass is 79.9. The minimum atomic E-state index is 0.629. The summed E-state index contributed by atoms with van der Waals surface area (Å²) < 4.78 is 2.74. The number of aryl methyl sites for hydroxylation is 1. The van der Waals surface area contributed by atoms with Crippen LogP contribution in [-0.2, 0) is 0 Å². The minimum Gasteiger partial charge on any atom is -0.396 e. The summed E-state index contributed by atoms with van der Waals surface area (Å²) >= 11 is 9.63. The summed E-state index contributed by atoms with van der Waals surface area (Å²) in [7, 11) is 0.